The number of nitro groups is 1. The van der Waals surface area contributed by atoms with Crippen molar-refractivity contribution in [2.75, 3.05) is 5.32 Å². The molecule has 0 aliphatic rings. The van der Waals surface area contributed by atoms with E-state index in [0.29, 0.717) is 12.2 Å². The molecule has 7 nitrogen and oxygen atoms in total. The Bertz CT molecular complexity index is 956. The van der Waals surface area contributed by atoms with Crippen molar-refractivity contribution in [1.82, 2.24) is 9.13 Å². The van der Waals surface area contributed by atoms with Crippen LogP contribution in [0.2, 0.25) is 0 Å². The summed E-state index contributed by atoms with van der Waals surface area (Å²) in [6, 6.07) is 12.2. The molecule has 0 unspecified atom stereocenters. The minimum absolute atomic E-state index is 0.0423. The molecule has 0 spiro atoms. The van der Waals surface area contributed by atoms with Crippen LogP contribution in [0.5, 0.6) is 0 Å². The summed E-state index contributed by atoms with van der Waals surface area (Å²) in [7, 11) is 3.46. The molecule has 0 fully saturated rings. The van der Waals surface area contributed by atoms with Crippen LogP contribution in [0.3, 0.4) is 0 Å². The van der Waals surface area contributed by atoms with E-state index in [1.54, 1.807) is 41.4 Å². The van der Waals surface area contributed by atoms with E-state index >= 15 is 0 Å². The molecule has 1 aromatic heterocycles. The van der Waals surface area contributed by atoms with Gasteiger partial charge in [-0.25, -0.2) is 4.79 Å². The molecule has 0 amide bonds. The minimum atomic E-state index is -0.410. The molecule has 0 aliphatic heterocycles. The predicted molar refractivity (Wildman–Crippen MR) is 88.6 cm³/mol. The first-order valence-corrected chi connectivity index (χ1v) is 7.10. The quantitative estimate of drug-likeness (QED) is 0.592. The van der Waals surface area contributed by atoms with Crippen molar-refractivity contribution >= 4 is 22.4 Å². The molecule has 3 aromatic rings. The van der Waals surface area contributed by atoms with Gasteiger partial charge in [0.05, 0.1) is 16.0 Å². The highest BCUT2D eigenvalue weighted by Gasteiger charge is 2.12. The second-order valence-corrected chi connectivity index (χ2v) is 5.35. The molecular weight excluding hydrogens is 296 g/mol. The zero-order chi connectivity index (χ0) is 16.6. The molecule has 0 saturated carbocycles. The van der Waals surface area contributed by atoms with E-state index in [1.165, 1.54) is 6.07 Å². The van der Waals surface area contributed by atoms with Crippen LogP contribution in [0.1, 0.15) is 5.56 Å². The van der Waals surface area contributed by atoms with Crippen LogP contribution in [0.25, 0.3) is 11.0 Å². The number of nitrogens with zero attached hydrogens (tertiary/aromatic N) is 3. The van der Waals surface area contributed by atoms with Crippen LogP contribution in [-0.2, 0) is 20.6 Å². The first-order valence-electron chi connectivity index (χ1n) is 7.10. The van der Waals surface area contributed by atoms with E-state index in [4.69, 9.17) is 0 Å². The standard InChI is InChI=1S/C16H16N4O3/c1-18-14-8-7-11(9-15(14)19(2)16(18)21)10-17-12-5-3-4-6-13(12)20(22)23/h3-9,17H,10H2,1-2H3. The van der Waals surface area contributed by atoms with Crippen molar-refractivity contribution in [3.8, 4) is 0 Å². The number of nitro benzene ring substituents is 1. The topological polar surface area (TPSA) is 82.1 Å². The normalized spacial score (nSPS) is 10.9. The highest BCUT2D eigenvalue weighted by atomic mass is 16.6. The maximum Gasteiger partial charge on any atom is 0.328 e. The molecule has 0 atom stereocenters. The number of benzene rings is 2. The van der Waals surface area contributed by atoms with Gasteiger partial charge in [-0.05, 0) is 23.8 Å². The van der Waals surface area contributed by atoms with E-state index in [-0.39, 0.29) is 11.4 Å². The number of para-hydroxylation sites is 2. The summed E-state index contributed by atoms with van der Waals surface area (Å²) >= 11 is 0. The van der Waals surface area contributed by atoms with Gasteiger partial charge in [0, 0.05) is 26.7 Å². The summed E-state index contributed by atoms with van der Waals surface area (Å²) in [6.07, 6.45) is 0. The second kappa shape index (κ2) is 5.60. The number of rotatable bonds is 4. The van der Waals surface area contributed by atoms with Gasteiger partial charge >= 0.3 is 5.69 Å². The lowest BCUT2D eigenvalue weighted by molar-refractivity contribution is -0.384. The molecule has 1 heterocycles. The Hall–Kier alpha value is -3.09. The second-order valence-electron chi connectivity index (χ2n) is 5.35. The summed E-state index contributed by atoms with van der Waals surface area (Å²) in [6.45, 7) is 0.434. The molecule has 1 N–H and O–H groups in total. The van der Waals surface area contributed by atoms with Gasteiger partial charge in [-0.2, -0.15) is 0 Å². The molecule has 23 heavy (non-hydrogen) atoms. The van der Waals surface area contributed by atoms with E-state index in [1.807, 2.05) is 18.2 Å². The summed E-state index contributed by atoms with van der Waals surface area (Å²) in [5, 5.41) is 14.1. The van der Waals surface area contributed by atoms with E-state index < -0.39 is 4.92 Å². The maximum atomic E-state index is 11.9. The lowest BCUT2D eigenvalue weighted by Gasteiger charge is -2.07. The molecule has 2 aromatic carbocycles. The lowest BCUT2D eigenvalue weighted by Crippen LogP contribution is -2.19. The average molecular weight is 312 g/mol. The van der Waals surface area contributed by atoms with Gasteiger partial charge < -0.3 is 5.32 Å². The van der Waals surface area contributed by atoms with Gasteiger partial charge in [0.2, 0.25) is 0 Å². The van der Waals surface area contributed by atoms with Crippen LogP contribution in [0, 0.1) is 10.1 Å². The molecule has 118 valence electrons. The monoisotopic (exact) mass is 312 g/mol. The van der Waals surface area contributed by atoms with Gasteiger partial charge in [-0.3, -0.25) is 19.2 Å². The fourth-order valence-corrected chi connectivity index (χ4v) is 2.64. The zero-order valence-electron chi connectivity index (χ0n) is 12.8. The van der Waals surface area contributed by atoms with Crippen LogP contribution in [0.4, 0.5) is 11.4 Å². The van der Waals surface area contributed by atoms with Gasteiger partial charge in [-0.15, -0.1) is 0 Å². The number of nitrogens with one attached hydrogen (secondary N) is 1. The third kappa shape index (κ3) is 2.57. The third-order valence-electron chi connectivity index (χ3n) is 3.92. The first-order chi connectivity index (χ1) is 11.0. The summed E-state index contributed by atoms with van der Waals surface area (Å²) < 4.78 is 3.18. The molecule has 7 heteroatoms. The number of aryl methyl sites for hydroxylation is 2. The summed E-state index contributed by atoms with van der Waals surface area (Å²) in [5.74, 6) is 0. The van der Waals surface area contributed by atoms with Crippen LogP contribution in [-0.4, -0.2) is 14.1 Å². The fourth-order valence-electron chi connectivity index (χ4n) is 2.64. The average Bonchev–Trinajstić information content (AvgIpc) is 2.77. The van der Waals surface area contributed by atoms with Gasteiger partial charge in [0.1, 0.15) is 5.69 Å². The number of anilines is 1. The SMILES string of the molecule is Cn1c(=O)n(C)c2cc(CNc3ccccc3[N+](=O)[O-])ccc21. The van der Waals surface area contributed by atoms with Crippen LogP contribution in [0.15, 0.2) is 47.3 Å². The molecule has 0 bridgehead atoms. The number of hydrogen-bond donors (Lipinski definition) is 1. The Morgan fingerprint density at radius 1 is 1.09 bits per heavy atom. The van der Waals surface area contributed by atoms with Crippen molar-refractivity contribution in [3.63, 3.8) is 0 Å². The predicted octanol–water partition coefficient (Wildman–Crippen LogP) is 2.40. The highest BCUT2D eigenvalue weighted by Crippen LogP contribution is 2.24. The van der Waals surface area contributed by atoms with Gasteiger partial charge in [0.15, 0.2) is 0 Å². The van der Waals surface area contributed by atoms with Gasteiger partial charge in [-0.1, -0.05) is 18.2 Å². The zero-order valence-corrected chi connectivity index (χ0v) is 12.8. The van der Waals surface area contributed by atoms with E-state index in [0.717, 1.165) is 16.6 Å². The molecule has 0 radical (unpaired) electrons. The lowest BCUT2D eigenvalue weighted by atomic mass is 10.2. The highest BCUT2D eigenvalue weighted by molar-refractivity contribution is 5.77. The maximum absolute atomic E-state index is 11.9. The van der Waals surface area contributed by atoms with E-state index in [2.05, 4.69) is 5.32 Å². The Morgan fingerprint density at radius 2 is 1.78 bits per heavy atom. The molecule has 0 aliphatic carbocycles. The van der Waals surface area contributed by atoms with Gasteiger partial charge in [0.25, 0.3) is 5.69 Å². The van der Waals surface area contributed by atoms with Crippen molar-refractivity contribution in [2.24, 2.45) is 14.1 Å². The van der Waals surface area contributed by atoms with Crippen molar-refractivity contribution in [3.05, 3.63) is 68.6 Å². The Kier molecular flexibility index (Phi) is 3.61. The number of fused-ring (bicyclic) bond motifs is 1. The summed E-state index contributed by atoms with van der Waals surface area (Å²) in [5.41, 5.74) is 3.06. The largest absolute Gasteiger partial charge is 0.375 e. The number of hydrogen-bond acceptors (Lipinski definition) is 4. The third-order valence-corrected chi connectivity index (χ3v) is 3.92. The van der Waals surface area contributed by atoms with Crippen molar-refractivity contribution < 1.29 is 4.92 Å². The Labute approximate surface area is 131 Å². The minimum Gasteiger partial charge on any atom is -0.375 e. The van der Waals surface area contributed by atoms with Crippen LogP contribution >= 0.6 is 0 Å². The van der Waals surface area contributed by atoms with Crippen molar-refractivity contribution in [1.29, 1.82) is 0 Å². The fraction of sp³-hybridized carbons (Fsp3) is 0.188. The Morgan fingerprint density at radius 3 is 2.52 bits per heavy atom. The van der Waals surface area contributed by atoms with Crippen molar-refractivity contribution in [2.45, 2.75) is 6.54 Å². The smallest absolute Gasteiger partial charge is 0.328 e. The Balaban J connectivity index is 1.90. The first kappa shape index (κ1) is 14.8. The van der Waals surface area contributed by atoms with Crippen LogP contribution < -0.4 is 11.0 Å². The number of aromatic nitrogens is 2. The molecule has 3 rings (SSSR count). The molecular formula is C16H16N4O3. The summed E-state index contributed by atoms with van der Waals surface area (Å²) in [4.78, 5) is 22.5. The molecule has 0 saturated heterocycles. The number of imidazole rings is 1. The van der Waals surface area contributed by atoms with E-state index in [9.17, 15) is 14.9 Å².